The van der Waals surface area contributed by atoms with Crippen LogP contribution in [0.2, 0.25) is 0 Å². The van der Waals surface area contributed by atoms with E-state index >= 15 is 0 Å². The Kier molecular flexibility index (Phi) is 4.28. The van der Waals surface area contributed by atoms with Crippen molar-refractivity contribution < 1.29 is 9.53 Å². The van der Waals surface area contributed by atoms with Crippen molar-refractivity contribution in [2.45, 2.75) is 26.4 Å². The summed E-state index contributed by atoms with van der Waals surface area (Å²) in [6.45, 7) is 5.62. The van der Waals surface area contributed by atoms with Gasteiger partial charge in [-0.1, -0.05) is 0 Å². The number of rotatable bonds is 2. The van der Waals surface area contributed by atoms with Crippen molar-refractivity contribution in [3.05, 3.63) is 0 Å². The van der Waals surface area contributed by atoms with E-state index in [-0.39, 0.29) is 6.54 Å². The van der Waals surface area contributed by atoms with Gasteiger partial charge < -0.3 is 10.5 Å². The summed E-state index contributed by atoms with van der Waals surface area (Å²) >= 11 is 0. The highest BCUT2D eigenvalue weighted by molar-refractivity contribution is 5.69. The van der Waals surface area contributed by atoms with Crippen LogP contribution in [0.25, 0.3) is 0 Å². The third-order valence-electron chi connectivity index (χ3n) is 0.751. The van der Waals surface area contributed by atoms with Gasteiger partial charge in [0.15, 0.2) is 0 Å². The molecule has 5 heteroatoms. The molecule has 0 aromatic carbocycles. The van der Waals surface area contributed by atoms with E-state index in [1.54, 1.807) is 20.8 Å². The van der Waals surface area contributed by atoms with Crippen molar-refractivity contribution in [3.8, 4) is 0 Å². The fourth-order valence-electron chi connectivity index (χ4n) is 0.452. The Hall–Kier alpha value is -1.10. The predicted octanol–water partition coefficient (Wildman–Crippen LogP) is 0.456. The first-order valence-electron chi connectivity index (χ1n) is 3.66. The molecule has 3 N–H and O–H groups in total. The third-order valence-corrected chi connectivity index (χ3v) is 0.751. The molecule has 0 aliphatic carbocycles. The van der Waals surface area contributed by atoms with Gasteiger partial charge in [0.25, 0.3) is 0 Å². The number of hydrazone groups is 1. The number of nitrogens with two attached hydrogens (primary N) is 1. The van der Waals surface area contributed by atoms with Crippen LogP contribution in [-0.2, 0) is 4.74 Å². The summed E-state index contributed by atoms with van der Waals surface area (Å²) in [4.78, 5) is 10.8. The maximum atomic E-state index is 10.8. The molecule has 70 valence electrons. The topological polar surface area (TPSA) is 76.7 Å². The minimum Gasteiger partial charge on any atom is -0.443 e. The molecule has 0 bridgehead atoms. The van der Waals surface area contributed by atoms with Crippen molar-refractivity contribution in [2.75, 3.05) is 6.54 Å². The van der Waals surface area contributed by atoms with Crippen LogP contribution in [0.4, 0.5) is 4.79 Å². The largest absolute Gasteiger partial charge is 0.443 e. The average molecular weight is 173 g/mol. The maximum absolute atomic E-state index is 10.8. The van der Waals surface area contributed by atoms with Crippen LogP contribution in [0.5, 0.6) is 0 Å². The van der Waals surface area contributed by atoms with Crippen LogP contribution in [0, 0.1) is 0 Å². The van der Waals surface area contributed by atoms with Crippen LogP contribution in [0.1, 0.15) is 20.8 Å². The van der Waals surface area contributed by atoms with Gasteiger partial charge in [0.2, 0.25) is 0 Å². The molecule has 0 aromatic heterocycles. The Morgan fingerprint density at radius 1 is 1.67 bits per heavy atom. The molecule has 1 amide bonds. The zero-order chi connectivity index (χ0) is 9.61. The molecule has 0 heterocycles. The van der Waals surface area contributed by atoms with E-state index in [0.717, 1.165) is 0 Å². The lowest BCUT2D eigenvalue weighted by atomic mass is 10.2. The van der Waals surface area contributed by atoms with Gasteiger partial charge in [-0.15, -0.1) is 0 Å². The molecular formula is C7H15N3O2. The standard InChI is InChI=1S/C7H15N3O2/c1-7(2,3)12-6(11)10-9-5-4-8/h5H,4,8H2,1-3H3,(H,10,11)/b9-5+. The lowest BCUT2D eigenvalue weighted by molar-refractivity contribution is 0.0529. The van der Waals surface area contributed by atoms with Gasteiger partial charge in [0, 0.05) is 12.8 Å². The highest BCUT2D eigenvalue weighted by Crippen LogP contribution is 2.05. The van der Waals surface area contributed by atoms with E-state index in [1.807, 2.05) is 0 Å². The Balaban J connectivity index is 3.68. The molecule has 5 nitrogen and oxygen atoms in total. The Bertz CT molecular complexity index is 172. The Morgan fingerprint density at radius 3 is 2.67 bits per heavy atom. The first kappa shape index (κ1) is 10.9. The smallest absolute Gasteiger partial charge is 0.428 e. The van der Waals surface area contributed by atoms with Gasteiger partial charge in [-0.05, 0) is 20.8 Å². The summed E-state index contributed by atoms with van der Waals surface area (Å²) < 4.78 is 4.88. The first-order chi connectivity index (χ1) is 5.45. The van der Waals surface area contributed by atoms with Gasteiger partial charge in [-0.25, -0.2) is 10.2 Å². The number of amides is 1. The average Bonchev–Trinajstić information content (AvgIpc) is 1.84. The first-order valence-corrected chi connectivity index (χ1v) is 3.66. The molecule has 0 aromatic rings. The molecule has 0 fully saturated rings. The fourth-order valence-corrected chi connectivity index (χ4v) is 0.452. The summed E-state index contributed by atoms with van der Waals surface area (Å²) in [5, 5.41) is 3.50. The zero-order valence-electron chi connectivity index (χ0n) is 7.63. The second-order valence-electron chi connectivity index (χ2n) is 3.16. The number of carbonyl (C=O) groups excluding carboxylic acids is 1. The zero-order valence-corrected chi connectivity index (χ0v) is 7.63. The highest BCUT2D eigenvalue weighted by Gasteiger charge is 2.14. The van der Waals surface area contributed by atoms with Crippen molar-refractivity contribution in [2.24, 2.45) is 10.8 Å². The molecule has 0 saturated carbocycles. The second-order valence-corrected chi connectivity index (χ2v) is 3.16. The molecule has 0 rings (SSSR count). The lowest BCUT2D eigenvalue weighted by Crippen LogP contribution is -2.30. The molecule has 0 unspecified atom stereocenters. The van der Waals surface area contributed by atoms with E-state index in [4.69, 9.17) is 10.5 Å². The van der Waals surface area contributed by atoms with Crippen molar-refractivity contribution >= 4 is 12.3 Å². The van der Waals surface area contributed by atoms with Crippen molar-refractivity contribution in [1.29, 1.82) is 0 Å². The second kappa shape index (κ2) is 4.71. The number of nitrogens with one attached hydrogen (secondary N) is 1. The van der Waals surface area contributed by atoms with E-state index in [9.17, 15) is 4.79 Å². The minimum absolute atomic E-state index is 0.287. The van der Waals surface area contributed by atoms with Gasteiger partial charge in [0.1, 0.15) is 5.60 Å². The normalized spacial score (nSPS) is 11.7. The quantitative estimate of drug-likeness (QED) is 0.470. The minimum atomic E-state index is -0.577. The SMILES string of the molecule is CC(C)(C)OC(=O)N/N=C/CN. The summed E-state index contributed by atoms with van der Waals surface area (Å²) in [7, 11) is 0. The van der Waals surface area contributed by atoms with Gasteiger partial charge in [0.05, 0.1) is 0 Å². The predicted molar refractivity (Wildman–Crippen MR) is 46.9 cm³/mol. The number of carbonyl (C=O) groups is 1. The van der Waals surface area contributed by atoms with E-state index in [2.05, 4.69) is 10.5 Å². The maximum Gasteiger partial charge on any atom is 0.428 e. The van der Waals surface area contributed by atoms with Crippen molar-refractivity contribution in [3.63, 3.8) is 0 Å². The van der Waals surface area contributed by atoms with E-state index in [1.165, 1.54) is 6.21 Å². The summed E-state index contributed by atoms with van der Waals surface area (Å²) in [6, 6.07) is 0. The number of hydrogen-bond donors (Lipinski definition) is 2. The van der Waals surface area contributed by atoms with Crippen LogP contribution in [0.3, 0.4) is 0 Å². The monoisotopic (exact) mass is 173 g/mol. The van der Waals surface area contributed by atoms with Crippen LogP contribution >= 0.6 is 0 Å². The molecule has 0 atom stereocenters. The Morgan fingerprint density at radius 2 is 2.25 bits per heavy atom. The number of hydrogen-bond acceptors (Lipinski definition) is 4. The van der Waals surface area contributed by atoms with Gasteiger partial charge >= 0.3 is 6.09 Å². The molecule has 12 heavy (non-hydrogen) atoms. The molecule has 0 aliphatic rings. The van der Waals surface area contributed by atoms with Crippen LogP contribution in [0.15, 0.2) is 5.10 Å². The molecule has 0 spiro atoms. The summed E-state index contributed by atoms with van der Waals surface area (Å²) in [5.74, 6) is 0. The third kappa shape index (κ3) is 7.01. The van der Waals surface area contributed by atoms with Gasteiger partial charge in [-0.2, -0.15) is 5.10 Å². The van der Waals surface area contributed by atoms with Crippen LogP contribution < -0.4 is 11.2 Å². The molecule has 0 aliphatic heterocycles. The van der Waals surface area contributed by atoms with E-state index < -0.39 is 11.7 Å². The molecule has 0 radical (unpaired) electrons. The summed E-state index contributed by atoms with van der Waals surface area (Å²) in [6.07, 6.45) is 0.802. The fraction of sp³-hybridized carbons (Fsp3) is 0.714. The Labute approximate surface area is 72.0 Å². The van der Waals surface area contributed by atoms with Crippen molar-refractivity contribution in [1.82, 2.24) is 5.43 Å². The number of nitrogens with zero attached hydrogens (tertiary/aromatic N) is 1. The van der Waals surface area contributed by atoms with Crippen LogP contribution in [-0.4, -0.2) is 24.5 Å². The number of ether oxygens (including phenoxy) is 1. The lowest BCUT2D eigenvalue weighted by Gasteiger charge is -2.18. The van der Waals surface area contributed by atoms with Gasteiger partial charge in [-0.3, -0.25) is 0 Å². The molecular weight excluding hydrogens is 158 g/mol. The summed E-state index contributed by atoms with van der Waals surface area (Å²) in [5.41, 5.74) is 6.77. The van der Waals surface area contributed by atoms with E-state index in [0.29, 0.717) is 0 Å². The molecule has 0 saturated heterocycles. The highest BCUT2D eigenvalue weighted by atomic mass is 16.6.